The molecule has 0 radical (unpaired) electrons. The Bertz CT molecular complexity index is 2050. The van der Waals surface area contributed by atoms with E-state index in [0.717, 1.165) is 24.3 Å². The highest BCUT2D eigenvalue weighted by atomic mass is 16.5. The molecule has 0 atom stereocenters. The minimum Gasteiger partial charge on any atom is -0.388 e. The van der Waals surface area contributed by atoms with Crippen molar-refractivity contribution in [1.82, 2.24) is 15.0 Å². The van der Waals surface area contributed by atoms with Gasteiger partial charge < -0.3 is 37.9 Å². The van der Waals surface area contributed by atoms with E-state index in [1.807, 2.05) is 6.07 Å². The quantitative estimate of drug-likeness (QED) is 0.192. The maximum absolute atomic E-state index is 9.46. The molecule has 0 N–H and O–H groups in total. The predicted octanol–water partition coefficient (Wildman–Crippen LogP) is 3.82. The van der Waals surface area contributed by atoms with Crippen molar-refractivity contribution in [3.63, 3.8) is 0 Å². The monoisotopic (exact) mass is 676 g/mol. The van der Waals surface area contributed by atoms with Crippen LogP contribution in [-0.2, 0) is 6.42 Å². The third-order valence-electron chi connectivity index (χ3n) is 6.05. The average molecular weight is 676 g/mol. The van der Waals surface area contributed by atoms with Gasteiger partial charge in [0.15, 0.2) is 52.0 Å². The minimum absolute atomic E-state index is 0.223. The third-order valence-corrected chi connectivity index (χ3v) is 6.05. The van der Waals surface area contributed by atoms with Crippen LogP contribution in [0, 0.1) is 103 Å². The molecule has 51 heavy (non-hydrogen) atoms. The second-order valence-corrected chi connectivity index (χ2v) is 8.74. The summed E-state index contributed by atoms with van der Waals surface area (Å²) in [6, 6.07) is 8.58. The van der Waals surface area contributed by atoms with E-state index in [9.17, 15) is 36.8 Å². The van der Waals surface area contributed by atoms with Crippen LogP contribution in [-0.4, -0.2) is 15.0 Å². The predicted molar refractivity (Wildman–Crippen MR) is 155 cm³/mol. The zero-order valence-corrected chi connectivity index (χ0v) is 24.8. The summed E-state index contributed by atoms with van der Waals surface area (Å²) in [7, 11) is 0. The van der Waals surface area contributed by atoms with Crippen LogP contribution in [0.25, 0.3) is 34.2 Å². The van der Waals surface area contributed by atoms with Gasteiger partial charge in [0.05, 0.1) is 12.5 Å². The van der Waals surface area contributed by atoms with Gasteiger partial charge in [-0.25, -0.2) is 15.0 Å². The van der Waals surface area contributed by atoms with E-state index in [-0.39, 0.29) is 51.7 Å². The largest absolute Gasteiger partial charge is 0.388 e. The number of aromatic nitrogens is 3. The van der Waals surface area contributed by atoms with Gasteiger partial charge in [-0.2, -0.15) is 5.26 Å². The molecule has 0 aliphatic heterocycles. The first-order valence-corrected chi connectivity index (χ1v) is 13.0. The normalized spacial score (nSPS) is 9.08. The molecule has 4 aromatic rings. The lowest BCUT2D eigenvalue weighted by atomic mass is 10.0. The van der Waals surface area contributed by atoms with Crippen LogP contribution < -0.4 is 37.9 Å². The molecule has 0 aliphatic rings. The fraction of sp³-hybridized carbons (Fsp3) is 0.0323. The summed E-state index contributed by atoms with van der Waals surface area (Å²) in [5.41, 5.74) is -0.768. The van der Waals surface area contributed by atoms with Gasteiger partial charge in [0.25, 0.3) is 50.0 Å². The summed E-state index contributed by atoms with van der Waals surface area (Å²) >= 11 is 0. The van der Waals surface area contributed by atoms with Gasteiger partial charge in [-0.3, -0.25) is 0 Å². The van der Waals surface area contributed by atoms with E-state index in [4.69, 9.17) is 48.4 Å². The molecular weight excluding hydrogens is 668 g/mol. The summed E-state index contributed by atoms with van der Waals surface area (Å²) in [5.74, 6) is -4.44. The standard InChI is InChI=1S/C31H8N12O8/c32-2-1-17-3-20(46-11-35)26(21(4-17)47-12-36)29-41-30(27-22(48-13-37)5-18(44-9-33)6-23(27)49-14-38)43-31(42-29)28-24(50-15-39)7-19(45-10-34)8-25(28)51-16-40/h3-8H,1H2. The van der Waals surface area contributed by atoms with Crippen molar-refractivity contribution in [2.75, 3.05) is 0 Å². The number of hydrogen-bond acceptors (Lipinski definition) is 20. The number of benzene rings is 3. The van der Waals surface area contributed by atoms with E-state index in [1.165, 1.54) is 62.2 Å². The Kier molecular flexibility index (Phi) is 10.9. The number of ether oxygens (including phenoxy) is 8. The van der Waals surface area contributed by atoms with Gasteiger partial charge in [0, 0.05) is 24.3 Å². The van der Waals surface area contributed by atoms with E-state index in [0.29, 0.717) is 0 Å². The fourth-order valence-electron chi connectivity index (χ4n) is 4.34. The van der Waals surface area contributed by atoms with Crippen molar-refractivity contribution in [1.29, 1.82) is 47.4 Å². The maximum Gasteiger partial charge on any atom is 0.292 e. The van der Waals surface area contributed by atoms with Crippen molar-refractivity contribution in [3.8, 4) is 136 Å². The Morgan fingerprint density at radius 3 is 0.863 bits per heavy atom. The van der Waals surface area contributed by atoms with Crippen molar-refractivity contribution in [2.45, 2.75) is 6.42 Å². The Labute approximate surface area is 284 Å². The Hall–Kier alpha value is -9.52. The summed E-state index contributed by atoms with van der Waals surface area (Å²) < 4.78 is 40.2. The van der Waals surface area contributed by atoms with Gasteiger partial charge in [-0.05, 0) is 17.7 Å². The summed E-state index contributed by atoms with van der Waals surface area (Å²) in [6.07, 6.45) is 11.2. The van der Waals surface area contributed by atoms with Gasteiger partial charge >= 0.3 is 0 Å². The van der Waals surface area contributed by atoms with Crippen molar-refractivity contribution in [2.24, 2.45) is 0 Å². The van der Waals surface area contributed by atoms with Crippen LogP contribution in [0.1, 0.15) is 5.56 Å². The lowest BCUT2D eigenvalue weighted by Crippen LogP contribution is -2.06. The molecule has 0 saturated heterocycles. The summed E-state index contributed by atoms with van der Waals surface area (Å²) in [5, 5.41) is 84.1. The molecule has 0 unspecified atom stereocenters. The SMILES string of the molecule is N#CCc1cc(OC#N)c(-c2nc(-c3c(OC#N)cc(OC#N)cc3OC#N)nc(-c3c(OC#N)cc(OC#N)cc3OC#N)n2)c(OC#N)c1. The van der Waals surface area contributed by atoms with E-state index in [1.54, 1.807) is 0 Å². The number of rotatable bonds is 12. The van der Waals surface area contributed by atoms with Crippen LogP contribution in [0.15, 0.2) is 36.4 Å². The summed E-state index contributed by atoms with van der Waals surface area (Å²) in [4.78, 5) is 13.2. The maximum atomic E-state index is 9.46. The molecule has 0 amide bonds. The summed E-state index contributed by atoms with van der Waals surface area (Å²) in [6.45, 7) is 0. The lowest BCUT2D eigenvalue weighted by Gasteiger charge is -2.16. The molecule has 20 nitrogen and oxygen atoms in total. The molecule has 3 aromatic carbocycles. The first kappa shape index (κ1) is 34.4. The Balaban J connectivity index is 2.27. The average Bonchev–Trinajstić information content (AvgIpc) is 3.09. The van der Waals surface area contributed by atoms with Crippen LogP contribution >= 0.6 is 0 Å². The molecule has 0 aliphatic carbocycles. The van der Waals surface area contributed by atoms with E-state index < -0.39 is 40.5 Å². The molecule has 4 rings (SSSR count). The molecule has 1 heterocycles. The van der Waals surface area contributed by atoms with Crippen molar-refractivity contribution < 1.29 is 37.9 Å². The Morgan fingerprint density at radius 1 is 0.373 bits per heavy atom. The lowest BCUT2D eigenvalue weighted by molar-refractivity contribution is 0.464. The van der Waals surface area contributed by atoms with Crippen molar-refractivity contribution in [3.05, 3.63) is 42.0 Å². The molecule has 0 bridgehead atoms. The van der Waals surface area contributed by atoms with E-state index in [2.05, 4.69) is 15.0 Å². The molecule has 20 heteroatoms. The molecular formula is C31H8N12O8. The topological polar surface area (TPSA) is 327 Å². The van der Waals surface area contributed by atoms with Crippen molar-refractivity contribution >= 4 is 0 Å². The molecule has 0 saturated carbocycles. The highest BCUT2D eigenvalue weighted by Gasteiger charge is 2.29. The Morgan fingerprint density at radius 2 is 0.627 bits per heavy atom. The number of nitrogens with zero attached hydrogens (tertiary/aromatic N) is 12. The smallest absolute Gasteiger partial charge is 0.292 e. The van der Waals surface area contributed by atoms with Gasteiger partial charge in [-0.1, -0.05) is 0 Å². The third kappa shape index (κ3) is 7.49. The van der Waals surface area contributed by atoms with E-state index >= 15 is 0 Å². The molecule has 240 valence electrons. The van der Waals surface area contributed by atoms with Gasteiger partial charge in [-0.15, -0.1) is 42.1 Å². The number of nitriles is 9. The second kappa shape index (κ2) is 16.2. The minimum atomic E-state index is -0.510. The van der Waals surface area contributed by atoms with Gasteiger partial charge in [0.2, 0.25) is 0 Å². The fourth-order valence-corrected chi connectivity index (χ4v) is 4.34. The number of hydrogen-bond donors (Lipinski definition) is 0. The van der Waals surface area contributed by atoms with Crippen LogP contribution in [0.4, 0.5) is 0 Å². The van der Waals surface area contributed by atoms with Gasteiger partial charge in [0.1, 0.15) is 28.2 Å². The highest BCUT2D eigenvalue weighted by Crippen LogP contribution is 2.46. The second-order valence-electron chi connectivity index (χ2n) is 8.74. The highest BCUT2D eigenvalue weighted by molar-refractivity contribution is 5.82. The van der Waals surface area contributed by atoms with Crippen LogP contribution in [0.3, 0.4) is 0 Å². The van der Waals surface area contributed by atoms with Crippen LogP contribution in [0.2, 0.25) is 0 Å². The molecule has 1 aromatic heterocycles. The molecule has 0 spiro atoms. The zero-order chi connectivity index (χ0) is 36.8. The molecule has 0 fully saturated rings. The van der Waals surface area contributed by atoms with Crippen LogP contribution in [0.5, 0.6) is 46.0 Å². The first-order valence-electron chi connectivity index (χ1n) is 13.0. The zero-order valence-electron chi connectivity index (χ0n) is 24.8. The first-order chi connectivity index (χ1) is 24.9.